The minimum absolute atomic E-state index is 0.136. The van der Waals surface area contributed by atoms with Crippen LogP contribution in [0.5, 0.6) is 0 Å². The lowest BCUT2D eigenvalue weighted by molar-refractivity contribution is -0.144. The molecule has 1 amide bonds. The zero-order valence-electron chi connectivity index (χ0n) is 11.5. The third kappa shape index (κ3) is 3.53. The maximum atomic E-state index is 12.1. The number of nitrogens with one attached hydrogen (secondary N) is 1. The second-order valence-electron chi connectivity index (χ2n) is 4.96. The molecule has 0 aliphatic heterocycles. The average molecular weight is 277 g/mol. The lowest BCUT2D eigenvalue weighted by Crippen LogP contribution is -2.47. The maximum Gasteiger partial charge on any atom is 0.328 e. The topological polar surface area (TPSA) is 81.2 Å². The van der Waals surface area contributed by atoms with E-state index in [2.05, 4.69) is 15.3 Å². The highest BCUT2D eigenvalue weighted by atomic mass is 16.5. The Balaban J connectivity index is 2.07. The van der Waals surface area contributed by atoms with Gasteiger partial charge in [0.2, 0.25) is 0 Å². The van der Waals surface area contributed by atoms with Gasteiger partial charge < -0.3 is 10.1 Å². The van der Waals surface area contributed by atoms with Crippen LogP contribution in [0.3, 0.4) is 0 Å². The van der Waals surface area contributed by atoms with Crippen molar-refractivity contribution >= 4 is 11.9 Å². The molecule has 0 bridgehead atoms. The van der Waals surface area contributed by atoms with Gasteiger partial charge in [-0.3, -0.25) is 9.78 Å². The van der Waals surface area contributed by atoms with Gasteiger partial charge in [0.05, 0.1) is 13.3 Å². The summed E-state index contributed by atoms with van der Waals surface area (Å²) in [5.74, 6) is -0.648. The molecule has 20 heavy (non-hydrogen) atoms. The first-order valence-electron chi connectivity index (χ1n) is 6.87. The van der Waals surface area contributed by atoms with E-state index in [1.165, 1.54) is 32.1 Å². The van der Waals surface area contributed by atoms with Crippen LogP contribution in [-0.4, -0.2) is 35.0 Å². The first kappa shape index (κ1) is 14.4. The molecule has 1 atom stereocenters. The number of hydrogen-bond acceptors (Lipinski definition) is 5. The van der Waals surface area contributed by atoms with Crippen molar-refractivity contribution in [1.82, 2.24) is 15.3 Å². The number of methoxy groups -OCH3 is 1. The Morgan fingerprint density at radius 1 is 1.30 bits per heavy atom. The number of carbonyl (C=O) groups excluding carboxylic acids is 2. The summed E-state index contributed by atoms with van der Waals surface area (Å²) in [6, 6.07) is -0.602. The van der Waals surface area contributed by atoms with E-state index in [0.29, 0.717) is 0 Å². The van der Waals surface area contributed by atoms with Gasteiger partial charge in [-0.25, -0.2) is 9.78 Å². The van der Waals surface area contributed by atoms with Crippen LogP contribution < -0.4 is 5.32 Å². The normalized spacial score (nSPS) is 17.2. The largest absolute Gasteiger partial charge is 0.467 e. The van der Waals surface area contributed by atoms with Crippen molar-refractivity contribution in [2.45, 2.75) is 38.1 Å². The Bertz CT molecular complexity index is 458. The van der Waals surface area contributed by atoms with Crippen LogP contribution in [0.1, 0.15) is 42.6 Å². The first-order chi connectivity index (χ1) is 9.72. The minimum Gasteiger partial charge on any atom is -0.467 e. The summed E-state index contributed by atoms with van der Waals surface area (Å²) in [6.45, 7) is 0. The van der Waals surface area contributed by atoms with Crippen LogP contribution in [0, 0.1) is 5.92 Å². The Hall–Kier alpha value is -1.98. The number of carbonyl (C=O) groups is 2. The highest BCUT2D eigenvalue weighted by molar-refractivity contribution is 5.95. The Kier molecular flexibility index (Phi) is 5.03. The molecule has 1 aliphatic carbocycles. The highest BCUT2D eigenvalue weighted by Gasteiger charge is 2.32. The second kappa shape index (κ2) is 6.98. The van der Waals surface area contributed by atoms with Gasteiger partial charge >= 0.3 is 5.97 Å². The molecule has 6 nitrogen and oxygen atoms in total. The fourth-order valence-corrected chi connectivity index (χ4v) is 2.60. The zero-order valence-corrected chi connectivity index (χ0v) is 11.5. The second-order valence-corrected chi connectivity index (χ2v) is 4.96. The van der Waals surface area contributed by atoms with Gasteiger partial charge in [0.25, 0.3) is 5.91 Å². The van der Waals surface area contributed by atoms with Crippen molar-refractivity contribution in [2.75, 3.05) is 7.11 Å². The summed E-state index contributed by atoms with van der Waals surface area (Å²) < 4.78 is 4.81. The third-order valence-electron chi connectivity index (χ3n) is 3.66. The maximum absolute atomic E-state index is 12.1. The summed E-state index contributed by atoms with van der Waals surface area (Å²) in [4.78, 5) is 31.8. The smallest absolute Gasteiger partial charge is 0.328 e. The summed E-state index contributed by atoms with van der Waals surface area (Å²) >= 11 is 0. The number of aromatic nitrogens is 2. The zero-order chi connectivity index (χ0) is 14.4. The molecule has 2 rings (SSSR count). The molecule has 0 saturated heterocycles. The predicted octanol–water partition coefficient (Wildman–Crippen LogP) is 1.33. The number of amides is 1. The van der Waals surface area contributed by atoms with E-state index in [1.54, 1.807) is 0 Å². The molecule has 1 fully saturated rings. The van der Waals surface area contributed by atoms with Gasteiger partial charge in [-0.1, -0.05) is 19.3 Å². The van der Waals surface area contributed by atoms with Gasteiger partial charge in [0.1, 0.15) is 11.7 Å². The molecule has 1 heterocycles. The summed E-state index contributed by atoms with van der Waals surface area (Å²) in [5, 5.41) is 2.74. The van der Waals surface area contributed by atoms with Crippen LogP contribution in [0.25, 0.3) is 0 Å². The molecule has 0 aromatic carbocycles. The van der Waals surface area contributed by atoms with Crippen LogP contribution in [0.15, 0.2) is 18.6 Å². The Morgan fingerprint density at radius 3 is 2.65 bits per heavy atom. The summed E-state index contributed by atoms with van der Waals surface area (Å²) in [7, 11) is 1.34. The van der Waals surface area contributed by atoms with E-state index in [9.17, 15) is 9.59 Å². The summed E-state index contributed by atoms with van der Waals surface area (Å²) in [6.07, 6.45) is 9.53. The van der Waals surface area contributed by atoms with E-state index >= 15 is 0 Å². The number of nitrogens with zero attached hydrogens (tertiary/aromatic N) is 2. The van der Waals surface area contributed by atoms with Crippen LogP contribution in [0.4, 0.5) is 0 Å². The number of hydrogen-bond donors (Lipinski definition) is 1. The van der Waals surface area contributed by atoms with E-state index in [1.807, 2.05) is 0 Å². The molecular formula is C14H19N3O3. The number of rotatable bonds is 4. The van der Waals surface area contributed by atoms with E-state index in [-0.39, 0.29) is 17.5 Å². The van der Waals surface area contributed by atoms with E-state index < -0.39 is 12.0 Å². The van der Waals surface area contributed by atoms with Crippen molar-refractivity contribution in [3.05, 3.63) is 24.3 Å². The molecule has 1 aromatic rings. The van der Waals surface area contributed by atoms with Gasteiger partial charge in [0, 0.05) is 12.4 Å². The molecule has 1 unspecified atom stereocenters. The van der Waals surface area contributed by atoms with Crippen molar-refractivity contribution < 1.29 is 14.3 Å². The molecule has 1 aromatic heterocycles. The van der Waals surface area contributed by atoms with Crippen molar-refractivity contribution in [3.63, 3.8) is 0 Å². The van der Waals surface area contributed by atoms with Gasteiger partial charge in [-0.2, -0.15) is 0 Å². The van der Waals surface area contributed by atoms with Gasteiger partial charge in [0.15, 0.2) is 0 Å². The lowest BCUT2D eigenvalue weighted by atomic mass is 9.84. The standard InChI is InChI=1S/C14H19N3O3/c1-20-14(19)12(10-5-3-2-4-6-10)17-13(18)11-9-15-7-8-16-11/h7-10,12H,2-6H2,1H3,(H,17,18). The third-order valence-corrected chi connectivity index (χ3v) is 3.66. The molecular weight excluding hydrogens is 258 g/mol. The van der Waals surface area contributed by atoms with Gasteiger partial charge in [-0.15, -0.1) is 0 Å². The predicted molar refractivity (Wildman–Crippen MR) is 71.9 cm³/mol. The highest BCUT2D eigenvalue weighted by Crippen LogP contribution is 2.27. The summed E-state index contributed by atoms with van der Waals surface area (Å²) in [5.41, 5.74) is 0.206. The van der Waals surface area contributed by atoms with Crippen molar-refractivity contribution in [1.29, 1.82) is 0 Å². The van der Waals surface area contributed by atoms with Crippen molar-refractivity contribution in [3.8, 4) is 0 Å². The van der Waals surface area contributed by atoms with Crippen LogP contribution >= 0.6 is 0 Å². The lowest BCUT2D eigenvalue weighted by Gasteiger charge is -2.28. The number of esters is 1. The van der Waals surface area contributed by atoms with Gasteiger partial charge in [-0.05, 0) is 18.8 Å². The fourth-order valence-electron chi connectivity index (χ4n) is 2.60. The van der Waals surface area contributed by atoms with E-state index in [4.69, 9.17) is 4.74 Å². The van der Waals surface area contributed by atoms with Crippen molar-refractivity contribution in [2.24, 2.45) is 5.92 Å². The van der Waals surface area contributed by atoms with Crippen LogP contribution in [0.2, 0.25) is 0 Å². The fraction of sp³-hybridized carbons (Fsp3) is 0.571. The SMILES string of the molecule is COC(=O)C(NC(=O)c1cnccn1)C1CCCCC1. The molecule has 108 valence electrons. The first-order valence-corrected chi connectivity index (χ1v) is 6.87. The molecule has 1 aliphatic rings. The average Bonchev–Trinajstić information content (AvgIpc) is 2.53. The quantitative estimate of drug-likeness (QED) is 0.840. The van der Waals surface area contributed by atoms with Crippen LogP contribution in [-0.2, 0) is 9.53 Å². The Morgan fingerprint density at radius 2 is 2.05 bits per heavy atom. The number of ether oxygens (including phenoxy) is 1. The molecule has 1 saturated carbocycles. The minimum atomic E-state index is -0.602. The van der Waals surface area contributed by atoms with E-state index in [0.717, 1.165) is 25.7 Å². The molecule has 1 N–H and O–H groups in total. The Labute approximate surface area is 118 Å². The molecule has 0 radical (unpaired) electrons. The molecule has 0 spiro atoms. The molecule has 6 heteroatoms. The monoisotopic (exact) mass is 277 g/mol.